The highest BCUT2D eigenvalue weighted by molar-refractivity contribution is 9.10. The minimum atomic E-state index is -0.0206. The second kappa shape index (κ2) is 6.89. The summed E-state index contributed by atoms with van der Waals surface area (Å²) in [6, 6.07) is 5.93. The Kier molecular flexibility index (Phi) is 6.06. The van der Waals surface area contributed by atoms with Gasteiger partial charge >= 0.3 is 0 Å². The zero-order valence-electron chi connectivity index (χ0n) is 11.9. The van der Waals surface area contributed by atoms with Crippen LogP contribution in [0.4, 0.5) is 0 Å². The summed E-state index contributed by atoms with van der Waals surface area (Å²) in [4.78, 5) is 12.4. The number of halogens is 2. The SMILES string of the molecule is Cc1ccc(C(=O)NC(CCBr)C(C)(C)C)c(Br)c1. The van der Waals surface area contributed by atoms with E-state index in [1.807, 2.05) is 25.1 Å². The topological polar surface area (TPSA) is 29.1 Å². The first-order valence-corrected chi connectivity index (χ1v) is 8.30. The van der Waals surface area contributed by atoms with Crippen LogP contribution in [0.25, 0.3) is 0 Å². The van der Waals surface area contributed by atoms with Gasteiger partial charge < -0.3 is 5.32 Å². The number of carbonyl (C=O) groups is 1. The van der Waals surface area contributed by atoms with E-state index in [9.17, 15) is 4.79 Å². The van der Waals surface area contributed by atoms with Crippen molar-refractivity contribution in [1.82, 2.24) is 5.32 Å². The molecule has 1 rings (SSSR count). The van der Waals surface area contributed by atoms with E-state index in [-0.39, 0.29) is 17.4 Å². The van der Waals surface area contributed by atoms with Crippen LogP contribution in [0.2, 0.25) is 0 Å². The summed E-state index contributed by atoms with van der Waals surface area (Å²) in [6.07, 6.45) is 0.915. The van der Waals surface area contributed by atoms with E-state index in [4.69, 9.17) is 0 Å². The average Bonchev–Trinajstić information content (AvgIpc) is 2.26. The number of alkyl halides is 1. The lowest BCUT2D eigenvalue weighted by molar-refractivity contribution is 0.0900. The van der Waals surface area contributed by atoms with Gasteiger partial charge in [-0.2, -0.15) is 0 Å². The Bertz CT molecular complexity index is 452. The minimum absolute atomic E-state index is 0.0206. The van der Waals surface area contributed by atoms with Crippen LogP contribution >= 0.6 is 31.9 Å². The van der Waals surface area contributed by atoms with E-state index in [2.05, 4.69) is 57.9 Å². The highest BCUT2D eigenvalue weighted by Gasteiger charge is 2.26. The van der Waals surface area contributed by atoms with Crippen molar-refractivity contribution in [3.05, 3.63) is 33.8 Å². The summed E-state index contributed by atoms with van der Waals surface area (Å²) in [7, 11) is 0. The third kappa shape index (κ3) is 4.92. The van der Waals surface area contributed by atoms with Crippen LogP contribution in [0, 0.1) is 12.3 Å². The Hall–Kier alpha value is -0.350. The van der Waals surface area contributed by atoms with E-state index in [0.717, 1.165) is 21.8 Å². The molecular formula is C15H21Br2NO. The highest BCUT2D eigenvalue weighted by Crippen LogP contribution is 2.24. The molecule has 1 aromatic carbocycles. The third-order valence-corrected chi connectivity index (χ3v) is 4.23. The first kappa shape index (κ1) is 16.7. The van der Waals surface area contributed by atoms with Crippen molar-refractivity contribution in [3.63, 3.8) is 0 Å². The molecule has 0 spiro atoms. The molecule has 1 N–H and O–H groups in total. The van der Waals surface area contributed by atoms with Crippen molar-refractivity contribution in [1.29, 1.82) is 0 Å². The van der Waals surface area contributed by atoms with Crippen molar-refractivity contribution >= 4 is 37.8 Å². The van der Waals surface area contributed by atoms with Gasteiger partial charge in [0.2, 0.25) is 0 Å². The molecule has 0 aliphatic heterocycles. The van der Waals surface area contributed by atoms with Gasteiger partial charge in [0.1, 0.15) is 0 Å². The van der Waals surface area contributed by atoms with Gasteiger partial charge in [-0.3, -0.25) is 4.79 Å². The molecular weight excluding hydrogens is 370 g/mol. The number of rotatable bonds is 4. The van der Waals surface area contributed by atoms with Gasteiger partial charge in [0.15, 0.2) is 0 Å². The maximum absolute atomic E-state index is 12.4. The zero-order chi connectivity index (χ0) is 14.6. The summed E-state index contributed by atoms with van der Waals surface area (Å²) >= 11 is 6.91. The molecule has 0 aliphatic rings. The molecule has 1 unspecified atom stereocenters. The normalized spacial score (nSPS) is 13.2. The number of amides is 1. The van der Waals surface area contributed by atoms with Crippen LogP contribution in [0.5, 0.6) is 0 Å². The van der Waals surface area contributed by atoms with Crippen LogP contribution in [0.15, 0.2) is 22.7 Å². The van der Waals surface area contributed by atoms with Crippen molar-refractivity contribution in [2.45, 2.75) is 40.2 Å². The Morgan fingerprint density at radius 2 is 2.00 bits per heavy atom. The number of hydrogen-bond acceptors (Lipinski definition) is 1. The first-order chi connectivity index (χ1) is 8.75. The van der Waals surface area contributed by atoms with E-state index in [1.54, 1.807) is 0 Å². The Labute approximate surface area is 132 Å². The molecule has 0 fully saturated rings. The number of benzene rings is 1. The molecule has 1 amide bonds. The lowest BCUT2D eigenvalue weighted by Gasteiger charge is -2.31. The molecule has 106 valence electrons. The molecule has 0 saturated carbocycles. The van der Waals surface area contributed by atoms with Gasteiger partial charge in [-0.15, -0.1) is 0 Å². The summed E-state index contributed by atoms with van der Waals surface area (Å²) in [5.74, 6) is -0.0206. The van der Waals surface area contributed by atoms with Crippen molar-refractivity contribution < 1.29 is 4.79 Å². The fourth-order valence-corrected chi connectivity index (χ4v) is 3.00. The van der Waals surface area contributed by atoms with Gasteiger partial charge in [0.05, 0.1) is 5.56 Å². The molecule has 0 saturated heterocycles. The fourth-order valence-electron chi connectivity index (χ4n) is 1.87. The molecule has 0 heterocycles. The van der Waals surface area contributed by atoms with Gasteiger partial charge in [0, 0.05) is 15.8 Å². The van der Waals surface area contributed by atoms with Crippen LogP contribution in [-0.2, 0) is 0 Å². The lowest BCUT2D eigenvalue weighted by Crippen LogP contribution is -2.44. The van der Waals surface area contributed by atoms with Gasteiger partial charge in [-0.05, 0) is 52.4 Å². The predicted molar refractivity (Wildman–Crippen MR) is 88.0 cm³/mol. The third-order valence-electron chi connectivity index (χ3n) is 3.12. The fraction of sp³-hybridized carbons (Fsp3) is 0.533. The summed E-state index contributed by atoms with van der Waals surface area (Å²) in [6.45, 7) is 8.44. The number of aryl methyl sites for hydroxylation is 1. The molecule has 0 radical (unpaired) electrons. The van der Waals surface area contributed by atoms with Gasteiger partial charge in [-0.1, -0.05) is 42.8 Å². The van der Waals surface area contributed by atoms with Crippen molar-refractivity contribution in [3.8, 4) is 0 Å². The van der Waals surface area contributed by atoms with E-state index in [1.165, 1.54) is 0 Å². The van der Waals surface area contributed by atoms with Gasteiger partial charge in [0.25, 0.3) is 5.91 Å². The van der Waals surface area contributed by atoms with Gasteiger partial charge in [-0.25, -0.2) is 0 Å². The molecule has 19 heavy (non-hydrogen) atoms. The van der Waals surface area contributed by atoms with Crippen molar-refractivity contribution in [2.75, 3.05) is 5.33 Å². The minimum Gasteiger partial charge on any atom is -0.349 e. The summed E-state index contributed by atoms with van der Waals surface area (Å²) < 4.78 is 0.844. The summed E-state index contributed by atoms with van der Waals surface area (Å²) in [5, 5.41) is 4.01. The van der Waals surface area contributed by atoms with Crippen molar-refractivity contribution in [2.24, 2.45) is 5.41 Å². The Morgan fingerprint density at radius 1 is 1.37 bits per heavy atom. The maximum Gasteiger partial charge on any atom is 0.252 e. The highest BCUT2D eigenvalue weighted by atomic mass is 79.9. The molecule has 2 nitrogen and oxygen atoms in total. The Morgan fingerprint density at radius 3 is 2.47 bits per heavy atom. The molecule has 1 atom stereocenters. The smallest absolute Gasteiger partial charge is 0.252 e. The Balaban J connectivity index is 2.88. The molecule has 0 aliphatic carbocycles. The second-order valence-corrected chi connectivity index (χ2v) is 7.50. The zero-order valence-corrected chi connectivity index (χ0v) is 15.1. The van der Waals surface area contributed by atoms with Crippen LogP contribution in [0.1, 0.15) is 43.1 Å². The standard InChI is InChI=1S/C15H21Br2NO/c1-10-5-6-11(12(17)9-10)14(19)18-13(7-8-16)15(2,3)4/h5-6,9,13H,7-8H2,1-4H3,(H,18,19). The van der Waals surface area contributed by atoms with E-state index in [0.29, 0.717) is 5.56 Å². The second-order valence-electron chi connectivity index (χ2n) is 5.85. The van der Waals surface area contributed by atoms with E-state index >= 15 is 0 Å². The first-order valence-electron chi connectivity index (χ1n) is 6.38. The number of carbonyl (C=O) groups excluding carboxylic acids is 1. The number of nitrogens with one attached hydrogen (secondary N) is 1. The largest absolute Gasteiger partial charge is 0.349 e. The summed E-state index contributed by atoms with van der Waals surface area (Å²) in [5.41, 5.74) is 1.87. The van der Waals surface area contributed by atoms with Crippen LogP contribution in [0.3, 0.4) is 0 Å². The quantitative estimate of drug-likeness (QED) is 0.742. The molecule has 0 aromatic heterocycles. The van der Waals surface area contributed by atoms with E-state index < -0.39 is 0 Å². The monoisotopic (exact) mass is 389 g/mol. The molecule has 1 aromatic rings. The average molecular weight is 391 g/mol. The maximum atomic E-state index is 12.4. The number of hydrogen-bond donors (Lipinski definition) is 1. The molecule has 0 bridgehead atoms. The predicted octanol–water partition coefficient (Wildman–Crippen LogP) is 4.69. The van der Waals surface area contributed by atoms with Crippen LogP contribution < -0.4 is 5.32 Å². The van der Waals surface area contributed by atoms with Crippen LogP contribution in [-0.4, -0.2) is 17.3 Å². The lowest BCUT2D eigenvalue weighted by atomic mass is 9.85. The molecule has 4 heteroatoms.